The first-order valence-electron chi connectivity index (χ1n) is 14.1. The smallest absolute Gasteiger partial charge is 0.410 e. The summed E-state index contributed by atoms with van der Waals surface area (Å²) in [5.41, 5.74) is 1.79. The normalized spacial score (nSPS) is 12.2. The number of para-hydroxylation sites is 1. The molecule has 9 heteroatoms. The van der Waals surface area contributed by atoms with Gasteiger partial charge in [0.1, 0.15) is 24.1 Å². The molecule has 4 aromatic carbocycles. The summed E-state index contributed by atoms with van der Waals surface area (Å²) in [6.45, 7) is 5.88. The summed E-state index contributed by atoms with van der Waals surface area (Å²) < 4.78 is 11.3. The first-order valence-corrected chi connectivity index (χ1v) is 14.1. The Labute approximate surface area is 252 Å². The van der Waals surface area contributed by atoms with Crippen molar-refractivity contribution >= 4 is 34.2 Å². The van der Waals surface area contributed by atoms with Crippen molar-refractivity contribution in [3.8, 4) is 11.9 Å². The molecule has 0 saturated carbocycles. The molecule has 1 atom stereocenters. The third-order valence-electron chi connectivity index (χ3n) is 6.33. The number of fused-ring (bicyclic) bond motifs is 1. The number of hydrogen-bond donors (Lipinski definition) is 3. The van der Waals surface area contributed by atoms with Gasteiger partial charge in [0, 0.05) is 17.6 Å². The molecule has 0 fully saturated rings. The van der Waals surface area contributed by atoms with Crippen molar-refractivity contribution in [3.05, 3.63) is 103 Å². The van der Waals surface area contributed by atoms with Gasteiger partial charge in [0.05, 0.1) is 12.2 Å². The summed E-state index contributed by atoms with van der Waals surface area (Å²) in [6.07, 6.45) is 1.08. The molecule has 0 bridgehead atoms. The molecule has 0 aromatic heterocycles. The minimum Gasteiger partial charge on any atom is -0.491 e. The number of benzene rings is 4. The fourth-order valence-corrected chi connectivity index (χ4v) is 4.32. The Hall–Kier alpha value is -5.07. The number of nitrogens with zero attached hydrogens (tertiary/aromatic N) is 3. The predicted octanol–water partition coefficient (Wildman–Crippen LogP) is 6.23. The summed E-state index contributed by atoms with van der Waals surface area (Å²) in [5.74, 6) is 0.948. The summed E-state index contributed by atoms with van der Waals surface area (Å²) in [4.78, 5) is 19.1. The van der Waals surface area contributed by atoms with E-state index >= 15 is 0 Å². The van der Waals surface area contributed by atoms with Crippen LogP contribution in [0, 0.1) is 11.5 Å². The highest BCUT2D eigenvalue weighted by atomic mass is 16.6. The van der Waals surface area contributed by atoms with Crippen molar-refractivity contribution in [2.75, 3.05) is 25.0 Å². The number of hydrogen-bond acceptors (Lipinski definition) is 6. The van der Waals surface area contributed by atoms with E-state index in [-0.39, 0.29) is 13.2 Å². The van der Waals surface area contributed by atoms with Crippen LogP contribution in [-0.4, -0.2) is 53.5 Å². The summed E-state index contributed by atoms with van der Waals surface area (Å²) in [6, 6.07) is 30.6. The van der Waals surface area contributed by atoms with Crippen molar-refractivity contribution in [2.45, 2.75) is 38.9 Å². The first kappa shape index (κ1) is 30.9. The van der Waals surface area contributed by atoms with E-state index < -0.39 is 17.8 Å². The highest BCUT2D eigenvalue weighted by molar-refractivity contribution is 6.00. The van der Waals surface area contributed by atoms with Crippen LogP contribution >= 0.6 is 0 Å². The molecule has 222 valence electrons. The van der Waals surface area contributed by atoms with Gasteiger partial charge in [0.15, 0.2) is 6.19 Å². The number of guanidine groups is 1. The average Bonchev–Trinajstić information content (AvgIpc) is 2.99. The van der Waals surface area contributed by atoms with Crippen LogP contribution in [0.1, 0.15) is 26.3 Å². The Morgan fingerprint density at radius 2 is 1.67 bits per heavy atom. The highest BCUT2D eigenvalue weighted by Crippen LogP contribution is 2.26. The molecule has 4 aromatic rings. The Morgan fingerprint density at radius 1 is 0.977 bits per heavy atom. The maximum absolute atomic E-state index is 13.0. The molecule has 0 spiro atoms. The van der Waals surface area contributed by atoms with Crippen molar-refractivity contribution in [2.24, 2.45) is 4.99 Å². The second-order valence-corrected chi connectivity index (χ2v) is 11.0. The standard InChI is InChI=1S/C34H37N5O4/c1-34(2,3)43-33(41)39(22-28(40)23-42-29-12-5-4-6-13-29)21-20-25-16-18-27(19-17-25)37-32(36-24-35)38-31-15-9-11-26-10-7-8-14-30(26)31/h4-19,28,40H,20-23H2,1-3H3,(H2,36,37,38)/t28-/m0/s1. The molecule has 0 radical (unpaired) electrons. The molecule has 0 heterocycles. The molecule has 0 unspecified atom stereocenters. The lowest BCUT2D eigenvalue weighted by Gasteiger charge is -2.29. The van der Waals surface area contributed by atoms with Crippen LogP contribution in [-0.2, 0) is 11.2 Å². The third kappa shape index (κ3) is 9.76. The molecule has 1 amide bonds. The Kier molecular flexibility index (Phi) is 10.6. The van der Waals surface area contributed by atoms with Crippen molar-refractivity contribution in [3.63, 3.8) is 0 Å². The number of nitriles is 1. The molecule has 0 saturated heterocycles. The van der Waals surface area contributed by atoms with Gasteiger partial charge >= 0.3 is 6.09 Å². The zero-order chi connectivity index (χ0) is 30.7. The Balaban J connectivity index is 1.40. The lowest BCUT2D eigenvalue weighted by Crippen LogP contribution is -2.43. The van der Waals surface area contributed by atoms with Gasteiger partial charge in [0.25, 0.3) is 0 Å². The fraction of sp³-hybridized carbons (Fsp3) is 0.265. The molecule has 0 aliphatic rings. The molecule has 0 aliphatic carbocycles. The van der Waals surface area contributed by atoms with E-state index in [1.54, 1.807) is 0 Å². The van der Waals surface area contributed by atoms with Crippen LogP contribution in [0.4, 0.5) is 16.2 Å². The molecule has 43 heavy (non-hydrogen) atoms. The second kappa shape index (κ2) is 14.7. The molecule has 9 nitrogen and oxygen atoms in total. The number of anilines is 1. The third-order valence-corrected chi connectivity index (χ3v) is 6.33. The number of rotatable bonds is 10. The highest BCUT2D eigenvalue weighted by Gasteiger charge is 2.24. The number of aliphatic hydroxyl groups excluding tert-OH is 1. The summed E-state index contributed by atoms with van der Waals surface area (Å²) in [7, 11) is 0. The monoisotopic (exact) mass is 579 g/mol. The van der Waals surface area contributed by atoms with Crippen LogP contribution in [0.25, 0.3) is 10.8 Å². The van der Waals surface area contributed by atoms with Crippen LogP contribution in [0.3, 0.4) is 0 Å². The van der Waals surface area contributed by atoms with E-state index in [9.17, 15) is 15.2 Å². The van der Waals surface area contributed by atoms with Crippen LogP contribution in [0.15, 0.2) is 102 Å². The van der Waals surface area contributed by atoms with Gasteiger partial charge in [-0.2, -0.15) is 5.26 Å². The number of aliphatic hydroxyl groups is 1. The molecule has 4 rings (SSSR count). The quantitative estimate of drug-likeness (QED) is 0.0882. The molecule has 0 aliphatic heterocycles. The minimum absolute atomic E-state index is 0.0447. The molecule has 3 N–H and O–H groups in total. The van der Waals surface area contributed by atoms with Crippen molar-refractivity contribution in [1.29, 1.82) is 5.26 Å². The number of carbonyl (C=O) groups excluding carboxylic acids is 1. The topological polar surface area (TPSA) is 119 Å². The maximum atomic E-state index is 13.0. The van der Waals surface area contributed by atoms with Crippen LogP contribution in [0.2, 0.25) is 0 Å². The van der Waals surface area contributed by atoms with Gasteiger partial charge in [-0.3, -0.25) is 5.32 Å². The summed E-state index contributed by atoms with van der Waals surface area (Å²) in [5, 5.41) is 27.7. The van der Waals surface area contributed by atoms with Crippen molar-refractivity contribution in [1.82, 2.24) is 10.2 Å². The zero-order valence-corrected chi connectivity index (χ0v) is 24.7. The van der Waals surface area contributed by atoms with Gasteiger partial charge in [-0.1, -0.05) is 66.7 Å². The Bertz CT molecular complexity index is 1550. The van der Waals surface area contributed by atoms with Crippen LogP contribution in [0.5, 0.6) is 5.75 Å². The number of nitrogens with one attached hydrogen (secondary N) is 2. The Morgan fingerprint density at radius 3 is 2.40 bits per heavy atom. The maximum Gasteiger partial charge on any atom is 0.410 e. The fourth-order valence-electron chi connectivity index (χ4n) is 4.32. The van der Waals surface area contributed by atoms with Gasteiger partial charge in [-0.15, -0.1) is 0 Å². The lowest BCUT2D eigenvalue weighted by atomic mass is 10.1. The van der Waals surface area contributed by atoms with Gasteiger partial charge in [-0.05, 0) is 68.5 Å². The minimum atomic E-state index is -0.897. The number of amides is 1. The zero-order valence-electron chi connectivity index (χ0n) is 24.7. The van der Waals surface area contributed by atoms with E-state index in [4.69, 9.17) is 9.47 Å². The van der Waals surface area contributed by atoms with Gasteiger partial charge in [-0.25, -0.2) is 9.79 Å². The average molecular weight is 580 g/mol. The first-order chi connectivity index (χ1) is 20.7. The number of ether oxygens (including phenoxy) is 2. The van der Waals surface area contributed by atoms with E-state index in [2.05, 4.69) is 15.6 Å². The van der Waals surface area contributed by atoms with Crippen molar-refractivity contribution < 1.29 is 19.4 Å². The van der Waals surface area contributed by atoms with E-state index in [1.165, 1.54) is 4.90 Å². The summed E-state index contributed by atoms with van der Waals surface area (Å²) >= 11 is 0. The van der Waals surface area contributed by atoms with Gasteiger partial charge in [0.2, 0.25) is 5.96 Å². The van der Waals surface area contributed by atoms with Crippen LogP contribution < -0.4 is 15.4 Å². The van der Waals surface area contributed by atoms with E-state index in [1.807, 2.05) is 124 Å². The second-order valence-electron chi connectivity index (χ2n) is 11.0. The van der Waals surface area contributed by atoms with E-state index in [0.717, 1.165) is 27.7 Å². The SMILES string of the molecule is CC(C)(C)OC(=O)N(CCc1ccc(NC(=Nc2cccc3ccccc23)NC#N)cc1)C[C@H](O)COc1ccccc1. The largest absolute Gasteiger partial charge is 0.491 e. The molecular weight excluding hydrogens is 542 g/mol. The molecular formula is C34H37N5O4. The van der Waals surface area contributed by atoms with Gasteiger partial charge < -0.3 is 24.8 Å². The number of aliphatic imine (C=N–C) groups is 1. The predicted molar refractivity (Wildman–Crippen MR) is 169 cm³/mol. The van der Waals surface area contributed by atoms with E-state index in [0.29, 0.717) is 24.7 Å². The lowest BCUT2D eigenvalue weighted by molar-refractivity contribution is 0.00944. The number of carbonyl (C=O) groups is 1.